The second-order valence-electron chi connectivity index (χ2n) is 5.33. The standard InChI is InChI=1S/C13H20N2O2/c1-8(2)7-10-9(3)14-11(15-10)13(5-6-13)12(16)17-4/h8H,5-7H2,1-4H3,(H,14,15). The molecule has 17 heavy (non-hydrogen) atoms. The molecule has 94 valence electrons. The Morgan fingerprint density at radius 1 is 1.53 bits per heavy atom. The number of rotatable bonds is 4. The van der Waals surface area contributed by atoms with Crippen LogP contribution in [-0.2, 0) is 21.4 Å². The van der Waals surface area contributed by atoms with Gasteiger partial charge < -0.3 is 9.72 Å². The van der Waals surface area contributed by atoms with Gasteiger partial charge in [-0.05, 0) is 32.1 Å². The van der Waals surface area contributed by atoms with Gasteiger partial charge in [0.05, 0.1) is 12.8 Å². The van der Waals surface area contributed by atoms with Crippen LogP contribution in [0.25, 0.3) is 0 Å². The lowest BCUT2D eigenvalue weighted by atomic mass is 10.1. The van der Waals surface area contributed by atoms with E-state index in [2.05, 4.69) is 23.8 Å². The lowest BCUT2D eigenvalue weighted by Gasteiger charge is -2.08. The molecule has 1 aliphatic rings. The molecule has 1 saturated carbocycles. The number of nitrogens with zero attached hydrogens (tertiary/aromatic N) is 1. The summed E-state index contributed by atoms with van der Waals surface area (Å²) < 4.78 is 4.86. The van der Waals surface area contributed by atoms with Gasteiger partial charge in [-0.1, -0.05) is 13.8 Å². The molecule has 1 fully saturated rings. The number of esters is 1. The number of imidazole rings is 1. The van der Waals surface area contributed by atoms with E-state index in [4.69, 9.17) is 4.74 Å². The molecule has 0 radical (unpaired) electrons. The van der Waals surface area contributed by atoms with E-state index < -0.39 is 5.41 Å². The fraction of sp³-hybridized carbons (Fsp3) is 0.692. The minimum atomic E-state index is -0.477. The van der Waals surface area contributed by atoms with Gasteiger partial charge in [-0.25, -0.2) is 4.98 Å². The Balaban J connectivity index is 2.26. The average Bonchev–Trinajstić information content (AvgIpc) is 3.00. The zero-order valence-corrected chi connectivity index (χ0v) is 11.0. The monoisotopic (exact) mass is 236 g/mol. The molecule has 4 heteroatoms. The number of carbonyl (C=O) groups excluding carboxylic acids is 1. The average molecular weight is 236 g/mol. The van der Waals surface area contributed by atoms with E-state index in [9.17, 15) is 4.79 Å². The third-order valence-corrected chi connectivity index (χ3v) is 3.37. The SMILES string of the molecule is COC(=O)C1(c2nc(CC(C)C)c(C)[nH]2)CC1. The number of aromatic amines is 1. The summed E-state index contributed by atoms with van der Waals surface area (Å²) in [7, 11) is 1.44. The van der Waals surface area contributed by atoms with Crippen LogP contribution in [0.4, 0.5) is 0 Å². The van der Waals surface area contributed by atoms with Crippen LogP contribution in [0.1, 0.15) is 43.9 Å². The molecule has 0 saturated heterocycles. The Morgan fingerprint density at radius 2 is 2.18 bits per heavy atom. The molecule has 0 spiro atoms. The molecule has 0 amide bonds. The zero-order chi connectivity index (χ0) is 12.6. The highest BCUT2D eigenvalue weighted by atomic mass is 16.5. The van der Waals surface area contributed by atoms with Crippen molar-refractivity contribution in [2.45, 2.75) is 45.4 Å². The van der Waals surface area contributed by atoms with Crippen LogP contribution in [0.15, 0.2) is 0 Å². The molecule has 1 heterocycles. The van der Waals surface area contributed by atoms with Crippen molar-refractivity contribution in [2.24, 2.45) is 5.92 Å². The molecule has 0 atom stereocenters. The van der Waals surface area contributed by atoms with Gasteiger partial charge >= 0.3 is 5.97 Å². The van der Waals surface area contributed by atoms with Crippen molar-refractivity contribution in [1.29, 1.82) is 0 Å². The summed E-state index contributed by atoms with van der Waals surface area (Å²) in [6.45, 7) is 6.35. The molecule has 1 aromatic heterocycles. The topological polar surface area (TPSA) is 55.0 Å². The zero-order valence-electron chi connectivity index (χ0n) is 11.0. The molecule has 0 unspecified atom stereocenters. The second-order valence-corrected chi connectivity index (χ2v) is 5.33. The number of carbonyl (C=O) groups is 1. The largest absolute Gasteiger partial charge is 0.468 e. The van der Waals surface area contributed by atoms with Crippen LogP contribution in [-0.4, -0.2) is 23.0 Å². The molecular formula is C13H20N2O2. The van der Waals surface area contributed by atoms with Gasteiger partial charge in [0.25, 0.3) is 0 Å². The minimum absolute atomic E-state index is 0.164. The lowest BCUT2D eigenvalue weighted by Crippen LogP contribution is -2.23. The first-order valence-electron chi connectivity index (χ1n) is 6.14. The van der Waals surface area contributed by atoms with Gasteiger partial charge in [0.2, 0.25) is 0 Å². The molecule has 1 aromatic rings. The maximum Gasteiger partial charge on any atom is 0.319 e. The Morgan fingerprint density at radius 3 is 2.65 bits per heavy atom. The first-order chi connectivity index (χ1) is 7.99. The summed E-state index contributed by atoms with van der Waals surface area (Å²) in [5.74, 6) is 1.19. The molecule has 0 bridgehead atoms. The van der Waals surface area contributed by atoms with Crippen LogP contribution in [0.2, 0.25) is 0 Å². The van der Waals surface area contributed by atoms with Crippen molar-refractivity contribution >= 4 is 5.97 Å². The molecule has 1 N–H and O–H groups in total. The van der Waals surface area contributed by atoms with Gasteiger partial charge in [-0.2, -0.15) is 0 Å². The van der Waals surface area contributed by atoms with Gasteiger partial charge in [0.15, 0.2) is 0 Å². The van der Waals surface area contributed by atoms with E-state index in [0.29, 0.717) is 5.92 Å². The Kier molecular flexibility index (Phi) is 2.98. The van der Waals surface area contributed by atoms with Crippen molar-refractivity contribution in [3.8, 4) is 0 Å². The third-order valence-electron chi connectivity index (χ3n) is 3.37. The Labute approximate surface area is 102 Å². The smallest absolute Gasteiger partial charge is 0.319 e. The highest BCUT2D eigenvalue weighted by Crippen LogP contribution is 2.48. The quantitative estimate of drug-likeness (QED) is 0.815. The maximum atomic E-state index is 11.8. The fourth-order valence-electron chi connectivity index (χ4n) is 2.17. The fourth-order valence-corrected chi connectivity index (χ4v) is 2.17. The van der Waals surface area contributed by atoms with E-state index in [-0.39, 0.29) is 5.97 Å². The van der Waals surface area contributed by atoms with E-state index in [0.717, 1.165) is 36.5 Å². The van der Waals surface area contributed by atoms with E-state index in [1.165, 1.54) is 7.11 Å². The summed E-state index contributed by atoms with van der Waals surface area (Å²) >= 11 is 0. The number of nitrogens with one attached hydrogen (secondary N) is 1. The van der Waals surface area contributed by atoms with Crippen molar-refractivity contribution in [1.82, 2.24) is 9.97 Å². The summed E-state index contributed by atoms with van der Waals surface area (Å²) in [4.78, 5) is 19.6. The lowest BCUT2D eigenvalue weighted by molar-refractivity contribution is -0.143. The first-order valence-corrected chi connectivity index (χ1v) is 6.14. The molecule has 4 nitrogen and oxygen atoms in total. The number of hydrogen-bond acceptors (Lipinski definition) is 3. The van der Waals surface area contributed by atoms with E-state index >= 15 is 0 Å². The van der Waals surface area contributed by atoms with Gasteiger partial charge in [0, 0.05) is 5.69 Å². The molecule has 0 aliphatic heterocycles. The molecule has 2 rings (SSSR count). The number of ether oxygens (including phenoxy) is 1. The van der Waals surface area contributed by atoms with Crippen molar-refractivity contribution in [3.05, 3.63) is 17.2 Å². The predicted octanol–water partition coefficient (Wildman–Crippen LogP) is 2.12. The molecule has 1 aliphatic carbocycles. The van der Waals surface area contributed by atoms with Crippen LogP contribution in [0.3, 0.4) is 0 Å². The number of aromatic nitrogens is 2. The highest BCUT2D eigenvalue weighted by molar-refractivity contribution is 5.85. The van der Waals surface area contributed by atoms with Crippen molar-refractivity contribution in [2.75, 3.05) is 7.11 Å². The summed E-state index contributed by atoms with van der Waals surface area (Å²) in [5.41, 5.74) is 1.67. The van der Waals surface area contributed by atoms with Crippen molar-refractivity contribution < 1.29 is 9.53 Å². The van der Waals surface area contributed by atoms with Crippen LogP contribution < -0.4 is 0 Å². The molecular weight excluding hydrogens is 216 g/mol. The first kappa shape index (κ1) is 12.1. The number of methoxy groups -OCH3 is 1. The summed E-state index contributed by atoms with van der Waals surface area (Å²) in [5, 5.41) is 0. The molecule has 0 aromatic carbocycles. The van der Waals surface area contributed by atoms with E-state index in [1.54, 1.807) is 0 Å². The highest BCUT2D eigenvalue weighted by Gasteiger charge is 2.55. The van der Waals surface area contributed by atoms with Gasteiger partial charge in [-0.15, -0.1) is 0 Å². The maximum absolute atomic E-state index is 11.8. The Bertz CT molecular complexity index is 431. The summed E-state index contributed by atoms with van der Waals surface area (Å²) in [6, 6.07) is 0. The van der Waals surface area contributed by atoms with Crippen LogP contribution in [0, 0.1) is 12.8 Å². The third kappa shape index (κ3) is 2.08. The summed E-state index contributed by atoms with van der Waals surface area (Å²) in [6.07, 6.45) is 2.63. The second kappa shape index (κ2) is 4.17. The number of H-pyrrole nitrogens is 1. The van der Waals surface area contributed by atoms with Crippen LogP contribution in [0.5, 0.6) is 0 Å². The Hall–Kier alpha value is -1.32. The number of aryl methyl sites for hydroxylation is 1. The van der Waals surface area contributed by atoms with Gasteiger partial charge in [0.1, 0.15) is 11.2 Å². The number of hydrogen-bond donors (Lipinski definition) is 1. The predicted molar refractivity (Wildman–Crippen MR) is 64.8 cm³/mol. The van der Waals surface area contributed by atoms with Gasteiger partial charge in [-0.3, -0.25) is 4.79 Å². The normalized spacial score (nSPS) is 17.2. The minimum Gasteiger partial charge on any atom is -0.468 e. The van der Waals surface area contributed by atoms with E-state index in [1.807, 2.05) is 6.92 Å². The van der Waals surface area contributed by atoms with Crippen LogP contribution >= 0.6 is 0 Å². The van der Waals surface area contributed by atoms with Crippen molar-refractivity contribution in [3.63, 3.8) is 0 Å².